The minimum absolute atomic E-state index is 0.100. The van der Waals surface area contributed by atoms with E-state index in [9.17, 15) is 9.59 Å². The van der Waals surface area contributed by atoms with Gasteiger partial charge in [-0.05, 0) is 13.8 Å². The molecule has 1 unspecified atom stereocenters. The van der Waals surface area contributed by atoms with Gasteiger partial charge in [0.1, 0.15) is 6.04 Å². The van der Waals surface area contributed by atoms with Crippen molar-refractivity contribution in [1.29, 1.82) is 0 Å². The first-order valence-corrected chi connectivity index (χ1v) is 5.72. The molecule has 5 heteroatoms. The van der Waals surface area contributed by atoms with Crippen molar-refractivity contribution in [2.75, 3.05) is 32.8 Å². The molecule has 0 spiro atoms. The van der Waals surface area contributed by atoms with Crippen LogP contribution >= 0.6 is 0 Å². The minimum atomic E-state index is -0.214. The van der Waals surface area contributed by atoms with Crippen molar-refractivity contribution in [2.45, 2.75) is 26.8 Å². The van der Waals surface area contributed by atoms with E-state index in [1.807, 2.05) is 6.92 Å². The highest BCUT2D eigenvalue weighted by atomic mass is 16.5. The quantitative estimate of drug-likeness (QED) is 0.643. The monoisotopic (exact) mass is 228 g/mol. The molecule has 1 atom stereocenters. The Morgan fingerprint density at radius 1 is 1.25 bits per heavy atom. The highest BCUT2D eigenvalue weighted by Crippen LogP contribution is 2.07. The van der Waals surface area contributed by atoms with Gasteiger partial charge in [-0.1, -0.05) is 0 Å². The van der Waals surface area contributed by atoms with E-state index in [1.54, 1.807) is 18.7 Å². The average Bonchev–Trinajstić information content (AvgIpc) is 2.28. The van der Waals surface area contributed by atoms with Gasteiger partial charge in [-0.3, -0.25) is 14.5 Å². The van der Waals surface area contributed by atoms with Gasteiger partial charge in [0.15, 0.2) is 0 Å². The van der Waals surface area contributed by atoms with Crippen LogP contribution in [0.5, 0.6) is 0 Å². The summed E-state index contributed by atoms with van der Waals surface area (Å²) in [5.74, 6) is -0.0813. The van der Waals surface area contributed by atoms with Crippen molar-refractivity contribution in [3.8, 4) is 0 Å². The van der Waals surface area contributed by atoms with Crippen LogP contribution < -0.4 is 0 Å². The molecule has 1 aliphatic rings. The third-order valence-corrected chi connectivity index (χ3v) is 2.94. The van der Waals surface area contributed by atoms with Crippen molar-refractivity contribution in [3.63, 3.8) is 0 Å². The molecule has 92 valence electrons. The smallest absolute Gasteiger partial charge is 0.323 e. The van der Waals surface area contributed by atoms with Crippen LogP contribution in [0.15, 0.2) is 0 Å². The first-order valence-electron chi connectivity index (χ1n) is 5.72. The molecule has 1 rings (SSSR count). The maximum absolute atomic E-state index is 11.5. The number of rotatable bonds is 3. The third kappa shape index (κ3) is 3.20. The molecule has 0 saturated carbocycles. The molecule has 0 bridgehead atoms. The van der Waals surface area contributed by atoms with Gasteiger partial charge in [-0.2, -0.15) is 0 Å². The SMILES string of the molecule is CCOC(=O)C(C)N1CCN(C(C)=O)CC1. The molecule has 0 radical (unpaired) electrons. The standard InChI is InChI=1S/C11H20N2O3/c1-4-16-11(15)9(2)12-5-7-13(8-6-12)10(3)14/h9H,4-8H2,1-3H3. The topological polar surface area (TPSA) is 49.9 Å². The lowest BCUT2D eigenvalue weighted by Gasteiger charge is -2.36. The maximum Gasteiger partial charge on any atom is 0.323 e. The zero-order valence-corrected chi connectivity index (χ0v) is 10.2. The lowest BCUT2D eigenvalue weighted by atomic mass is 10.2. The first kappa shape index (κ1) is 13.0. The predicted molar refractivity (Wildman–Crippen MR) is 59.9 cm³/mol. The molecule has 0 aromatic carbocycles. The number of nitrogens with zero attached hydrogens (tertiary/aromatic N) is 2. The van der Waals surface area contributed by atoms with E-state index >= 15 is 0 Å². The normalized spacial score (nSPS) is 19.3. The molecular weight excluding hydrogens is 208 g/mol. The highest BCUT2D eigenvalue weighted by Gasteiger charge is 2.26. The van der Waals surface area contributed by atoms with Gasteiger partial charge in [0.05, 0.1) is 6.61 Å². The molecule has 1 amide bonds. The number of esters is 1. The van der Waals surface area contributed by atoms with Crippen molar-refractivity contribution in [3.05, 3.63) is 0 Å². The Balaban J connectivity index is 2.41. The van der Waals surface area contributed by atoms with Crippen molar-refractivity contribution in [2.24, 2.45) is 0 Å². The van der Waals surface area contributed by atoms with E-state index in [0.29, 0.717) is 19.7 Å². The molecule has 16 heavy (non-hydrogen) atoms. The van der Waals surface area contributed by atoms with Gasteiger partial charge >= 0.3 is 5.97 Å². The number of ether oxygens (including phenoxy) is 1. The molecule has 1 heterocycles. The second-order valence-electron chi connectivity index (χ2n) is 3.97. The fraction of sp³-hybridized carbons (Fsp3) is 0.818. The predicted octanol–water partition coefficient (Wildman–Crippen LogP) is 0.102. The largest absolute Gasteiger partial charge is 0.465 e. The Kier molecular flexibility index (Phi) is 4.73. The van der Waals surface area contributed by atoms with E-state index in [4.69, 9.17) is 4.74 Å². The number of hydrogen-bond donors (Lipinski definition) is 0. The van der Waals surface area contributed by atoms with Gasteiger partial charge in [0.25, 0.3) is 0 Å². The summed E-state index contributed by atoms with van der Waals surface area (Å²) in [6, 6.07) is -0.214. The number of carbonyl (C=O) groups excluding carboxylic acids is 2. The van der Waals surface area contributed by atoms with E-state index in [-0.39, 0.29) is 17.9 Å². The number of carbonyl (C=O) groups is 2. The Morgan fingerprint density at radius 3 is 2.25 bits per heavy atom. The van der Waals surface area contributed by atoms with Gasteiger partial charge < -0.3 is 9.64 Å². The Morgan fingerprint density at radius 2 is 1.81 bits per heavy atom. The van der Waals surface area contributed by atoms with Crippen LogP contribution in [-0.2, 0) is 14.3 Å². The lowest BCUT2D eigenvalue weighted by molar-refractivity contribution is -0.149. The third-order valence-electron chi connectivity index (χ3n) is 2.94. The van der Waals surface area contributed by atoms with Crippen LogP contribution in [0.2, 0.25) is 0 Å². The summed E-state index contributed by atoms with van der Waals surface area (Å²) in [4.78, 5) is 26.5. The first-order chi connectivity index (χ1) is 7.56. The summed E-state index contributed by atoms with van der Waals surface area (Å²) in [6.45, 7) is 8.50. The lowest BCUT2D eigenvalue weighted by Crippen LogP contribution is -2.53. The van der Waals surface area contributed by atoms with Crippen LogP contribution in [0.1, 0.15) is 20.8 Å². The van der Waals surface area contributed by atoms with Crippen LogP contribution in [-0.4, -0.2) is 60.5 Å². The molecule has 0 aromatic rings. The summed E-state index contributed by atoms with van der Waals surface area (Å²) in [5, 5.41) is 0. The van der Waals surface area contributed by atoms with Gasteiger partial charge in [-0.25, -0.2) is 0 Å². The van der Waals surface area contributed by atoms with Crippen molar-refractivity contribution >= 4 is 11.9 Å². The second-order valence-corrected chi connectivity index (χ2v) is 3.97. The van der Waals surface area contributed by atoms with Gasteiger partial charge in [0.2, 0.25) is 5.91 Å². The number of piperazine rings is 1. The van der Waals surface area contributed by atoms with E-state index in [2.05, 4.69) is 4.90 Å². The number of hydrogen-bond acceptors (Lipinski definition) is 4. The number of amides is 1. The zero-order valence-electron chi connectivity index (χ0n) is 10.2. The molecule has 0 aromatic heterocycles. The van der Waals surface area contributed by atoms with E-state index < -0.39 is 0 Å². The van der Waals surface area contributed by atoms with Crippen LogP contribution in [0, 0.1) is 0 Å². The van der Waals surface area contributed by atoms with Gasteiger partial charge in [0, 0.05) is 33.1 Å². The summed E-state index contributed by atoms with van der Waals surface area (Å²) in [5.41, 5.74) is 0. The fourth-order valence-electron chi connectivity index (χ4n) is 1.84. The Hall–Kier alpha value is -1.10. The molecule has 0 N–H and O–H groups in total. The molecule has 1 saturated heterocycles. The molecular formula is C11H20N2O3. The molecule has 5 nitrogen and oxygen atoms in total. The van der Waals surface area contributed by atoms with E-state index in [1.165, 1.54) is 0 Å². The van der Waals surface area contributed by atoms with Crippen molar-refractivity contribution in [1.82, 2.24) is 9.80 Å². The summed E-state index contributed by atoms with van der Waals surface area (Å²) >= 11 is 0. The summed E-state index contributed by atoms with van der Waals surface area (Å²) in [6.07, 6.45) is 0. The van der Waals surface area contributed by atoms with Crippen LogP contribution in [0.4, 0.5) is 0 Å². The van der Waals surface area contributed by atoms with Crippen molar-refractivity contribution < 1.29 is 14.3 Å². The highest BCUT2D eigenvalue weighted by molar-refractivity contribution is 5.75. The summed E-state index contributed by atoms with van der Waals surface area (Å²) < 4.78 is 4.97. The fourth-order valence-corrected chi connectivity index (χ4v) is 1.84. The average molecular weight is 228 g/mol. The molecule has 1 fully saturated rings. The zero-order chi connectivity index (χ0) is 12.1. The minimum Gasteiger partial charge on any atom is -0.465 e. The maximum atomic E-state index is 11.5. The molecule has 0 aliphatic carbocycles. The Bertz CT molecular complexity index is 260. The molecule has 1 aliphatic heterocycles. The Labute approximate surface area is 96.3 Å². The van der Waals surface area contributed by atoms with Gasteiger partial charge in [-0.15, -0.1) is 0 Å². The summed E-state index contributed by atoms with van der Waals surface area (Å²) in [7, 11) is 0. The van der Waals surface area contributed by atoms with E-state index in [0.717, 1.165) is 13.1 Å². The van der Waals surface area contributed by atoms with Crippen LogP contribution in [0.25, 0.3) is 0 Å². The van der Waals surface area contributed by atoms with Crippen LogP contribution in [0.3, 0.4) is 0 Å². The second kappa shape index (κ2) is 5.84.